The molecule has 66 valence electrons. The van der Waals surface area contributed by atoms with Gasteiger partial charge in [0.05, 0.1) is 11.6 Å². The fraction of sp³-hybridized carbons (Fsp3) is 0.200. The maximum Gasteiger partial charge on any atom is 0.134 e. The lowest BCUT2D eigenvalue weighted by Crippen LogP contribution is -2.01. The monoisotopic (exact) mass is 285 g/mol. The van der Waals surface area contributed by atoms with Gasteiger partial charge in [-0.2, -0.15) is 5.26 Å². The summed E-state index contributed by atoms with van der Waals surface area (Å²) in [5.41, 5.74) is 1.44. The van der Waals surface area contributed by atoms with Gasteiger partial charge in [-0.05, 0) is 47.2 Å². The first kappa shape index (κ1) is 10.2. The summed E-state index contributed by atoms with van der Waals surface area (Å²) < 4.78 is 0.979. The van der Waals surface area contributed by atoms with Crippen LogP contribution in [0.5, 0.6) is 0 Å². The van der Waals surface area contributed by atoms with Crippen LogP contribution in [0.4, 0.5) is 0 Å². The second kappa shape index (κ2) is 4.38. The molecule has 0 fully saturated rings. The van der Waals surface area contributed by atoms with E-state index in [1.165, 1.54) is 6.92 Å². The molecule has 0 amide bonds. The summed E-state index contributed by atoms with van der Waals surface area (Å²) in [5, 5.41) is 8.79. The van der Waals surface area contributed by atoms with E-state index < -0.39 is 0 Å². The average molecular weight is 285 g/mol. The molecule has 0 aliphatic heterocycles. The van der Waals surface area contributed by atoms with Crippen molar-refractivity contribution in [1.29, 1.82) is 5.26 Å². The van der Waals surface area contributed by atoms with Crippen LogP contribution in [0.15, 0.2) is 18.2 Å². The summed E-state index contributed by atoms with van der Waals surface area (Å²) in [5.74, 6) is 0.0839. The van der Waals surface area contributed by atoms with Gasteiger partial charge < -0.3 is 0 Å². The highest BCUT2D eigenvalue weighted by Gasteiger charge is 2.07. The smallest absolute Gasteiger partial charge is 0.134 e. The molecule has 2 nitrogen and oxygen atoms in total. The Bertz CT molecular complexity index is 379. The molecule has 1 rings (SSSR count). The predicted octanol–water partition coefficient (Wildman–Crippen LogP) is 2.29. The number of hydrogen-bond donors (Lipinski definition) is 0. The molecule has 13 heavy (non-hydrogen) atoms. The van der Waals surface area contributed by atoms with E-state index in [4.69, 9.17) is 5.26 Å². The molecule has 0 saturated carbocycles. The number of carbonyl (C=O) groups is 1. The van der Waals surface area contributed by atoms with Crippen LogP contribution >= 0.6 is 22.6 Å². The molecule has 1 aromatic rings. The van der Waals surface area contributed by atoms with E-state index >= 15 is 0 Å². The van der Waals surface area contributed by atoms with Gasteiger partial charge in [-0.1, -0.05) is 6.07 Å². The molecular weight excluding hydrogens is 277 g/mol. The van der Waals surface area contributed by atoms with E-state index in [-0.39, 0.29) is 5.78 Å². The minimum absolute atomic E-state index is 0.0839. The summed E-state index contributed by atoms with van der Waals surface area (Å²) in [6, 6.07) is 7.55. The highest BCUT2D eigenvalue weighted by molar-refractivity contribution is 14.1. The van der Waals surface area contributed by atoms with Gasteiger partial charge >= 0.3 is 0 Å². The highest BCUT2D eigenvalue weighted by atomic mass is 127. The molecular formula is C10H8INO. The highest BCUT2D eigenvalue weighted by Crippen LogP contribution is 2.17. The largest absolute Gasteiger partial charge is 0.300 e. The van der Waals surface area contributed by atoms with Gasteiger partial charge in [-0.15, -0.1) is 0 Å². The molecule has 0 aliphatic carbocycles. The Morgan fingerprint density at radius 3 is 2.85 bits per heavy atom. The van der Waals surface area contributed by atoms with Crippen LogP contribution in [-0.2, 0) is 11.2 Å². The summed E-state index contributed by atoms with van der Waals surface area (Å²) in [7, 11) is 0. The Kier molecular flexibility index (Phi) is 3.43. The quantitative estimate of drug-likeness (QED) is 0.782. The van der Waals surface area contributed by atoms with Crippen molar-refractivity contribution < 1.29 is 4.79 Å². The Balaban J connectivity index is 3.17. The van der Waals surface area contributed by atoms with Crippen molar-refractivity contribution in [3.05, 3.63) is 32.9 Å². The van der Waals surface area contributed by atoms with Crippen LogP contribution in [0.25, 0.3) is 0 Å². The summed E-state index contributed by atoms with van der Waals surface area (Å²) in [6.07, 6.45) is 0.349. The van der Waals surface area contributed by atoms with E-state index in [9.17, 15) is 4.79 Å². The molecule has 0 aromatic heterocycles. The molecule has 0 bridgehead atoms. The molecule has 0 saturated heterocycles. The minimum Gasteiger partial charge on any atom is -0.300 e. The lowest BCUT2D eigenvalue weighted by atomic mass is 10.0. The summed E-state index contributed by atoms with van der Waals surface area (Å²) in [4.78, 5) is 10.9. The molecule has 0 radical (unpaired) electrons. The van der Waals surface area contributed by atoms with Crippen molar-refractivity contribution in [1.82, 2.24) is 0 Å². The zero-order valence-electron chi connectivity index (χ0n) is 7.17. The van der Waals surface area contributed by atoms with Crippen molar-refractivity contribution >= 4 is 28.4 Å². The lowest BCUT2D eigenvalue weighted by Gasteiger charge is -2.03. The Morgan fingerprint density at radius 1 is 1.62 bits per heavy atom. The van der Waals surface area contributed by atoms with Crippen molar-refractivity contribution in [2.24, 2.45) is 0 Å². The van der Waals surface area contributed by atoms with Gasteiger partial charge in [0.25, 0.3) is 0 Å². The number of carbonyl (C=O) groups excluding carboxylic acids is 1. The molecule has 3 heteroatoms. The number of nitrogens with zero attached hydrogens (tertiary/aromatic N) is 1. The fourth-order valence-electron chi connectivity index (χ4n) is 1.09. The van der Waals surface area contributed by atoms with Crippen LogP contribution in [0.3, 0.4) is 0 Å². The Morgan fingerprint density at radius 2 is 2.31 bits per heavy atom. The van der Waals surface area contributed by atoms with Gasteiger partial charge in [-0.3, -0.25) is 4.79 Å². The van der Waals surface area contributed by atoms with Gasteiger partial charge in [-0.25, -0.2) is 0 Å². The van der Waals surface area contributed by atoms with Gasteiger partial charge in [0.2, 0.25) is 0 Å². The van der Waals surface area contributed by atoms with Crippen LogP contribution < -0.4 is 0 Å². The first-order chi connectivity index (χ1) is 6.15. The van der Waals surface area contributed by atoms with E-state index in [0.29, 0.717) is 12.0 Å². The molecule has 0 spiro atoms. The molecule has 0 atom stereocenters. The number of Topliss-reactive ketones (excluding diaryl/α,β-unsaturated/α-hetero) is 1. The third-order valence-corrected chi connectivity index (χ3v) is 2.68. The Labute approximate surface area is 90.7 Å². The Hall–Kier alpha value is -0.890. The van der Waals surface area contributed by atoms with E-state index in [2.05, 4.69) is 28.7 Å². The molecule has 0 N–H and O–H groups in total. The van der Waals surface area contributed by atoms with E-state index in [0.717, 1.165) is 9.13 Å². The SMILES string of the molecule is CC(=O)Cc1c(I)cccc1C#N. The van der Waals surface area contributed by atoms with Crippen molar-refractivity contribution in [3.8, 4) is 6.07 Å². The second-order valence-corrected chi connectivity index (χ2v) is 3.92. The topological polar surface area (TPSA) is 40.9 Å². The fourth-order valence-corrected chi connectivity index (χ4v) is 1.78. The third kappa shape index (κ3) is 2.52. The van der Waals surface area contributed by atoms with E-state index in [1.807, 2.05) is 12.1 Å². The molecule has 1 aromatic carbocycles. The maximum atomic E-state index is 10.9. The third-order valence-electron chi connectivity index (χ3n) is 1.67. The van der Waals surface area contributed by atoms with E-state index in [1.54, 1.807) is 6.07 Å². The standard InChI is InChI=1S/C10H8INO/c1-7(13)5-9-8(6-12)3-2-4-10(9)11/h2-4H,5H2,1H3. The number of hydrogen-bond acceptors (Lipinski definition) is 2. The van der Waals surface area contributed by atoms with Crippen LogP contribution in [0.1, 0.15) is 18.1 Å². The van der Waals surface area contributed by atoms with Crippen molar-refractivity contribution in [3.63, 3.8) is 0 Å². The first-order valence-electron chi connectivity index (χ1n) is 3.82. The second-order valence-electron chi connectivity index (χ2n) is 2.76. The first-order valence-corrected chi connectivity index (χ1v) is 4.90. The van der Waals surface area contributed by atoms with Gasteiger partial charge in [0.1, 0.15) is 5.78 Å². The van der Waals surface area contributed by atoms with Crippen LogP contribution in [0.2, 0.25) is 0 Å². The molecule has 0 aliphatic rings. The predicted molar refractivity (Wildman–Crippen MR) is 58.3 cm³/mol. The number of ketones is 1. The number of halogens is 1. The van der Waals surface area contributed by atoms with Gasteiger partial charge in [0, 0.05) is 9.99 Å². The number of nitriles is 1. The lowest BCUT2D eigenvalue weighted by molar-refractivity contribution is -0.116. The average Bonchev–Trinajstić information content (AvgIpc) is 2.08. The number of rotatable bonds is 2. The maximum absolute atomic E-state index is 10.9. The zero-order chi connectivity index (χ0) is 9.84. The van der Waals surface area contributed by atoms with Crippen molar-refractivity contribution in [2.45, 2.75) is 13.3 Å². The summed E-state index contributed by atoms with van der Waals surface area (Å²) in [6.45, 7) is 1.53. The normalized spacial score (nSPS) is 9.31. The number of benzene rings is 1. The minimum atomic E-state index is 0.0839. The van der Waals surface area contributed by atoms with Crippen LogP contribution in [0, 0.1) is 14.9 Å². The van der Waals surface area contributed by atoms with Crippen LogP contribution in [-0.4, -0.2) is 5.78 Å². The summed E-state index contributed by atoms with van der Waals surface area (Å²) >= 11 is 2.14. The zero-order valence-corrected chi connectivity index (χ0v) is 9.33. The molecule has 0 heterocycles. The molecule has 0 unspecified atom stereocenters. The van der Waals surface area contributed by atoms with Gasteiger partial charge in [0.15, 0.2) is 0 Å². The van der Waals surface area contributed by atoms with Crippen molar-refractivity contribution in [2.75, 3.05) is 0 Å².